The lowest BCUT2D eigenvalue weighted by atomic mass is 10.0. The van der Waals surface area contributed by atoms with Gasteiger partial charge in [-0.3, -0.25) is 14.5 Å². The molecule has 9 aromatic rings. The van der Waals surface area contributed by atoms with E-state index in [1.54, 1.807) is 33.3 Å². The van der Waals surface area contributed by atoms with Crippen molar-refractivity contribution in [2.24, 2.45) is 0 Å². The molecule has 1 amide bonds. The maximum absolute atomic E-state index is 11.8. The number of hydrogen-bond donors (Lipinski definition) is 2. The van der Waals surface area contributed by atoms with Crippen molar-refractivity contribution >= 4 is 11.7 Å². The Labute approximate surface area is 675 Å². The number of carbonyl (C=O) groups excluding carboxylic acids is 2. The van der Waals surface area contributed by atoms with Crippen LogP contribution < -0.4 is 24.3 Å². The van der Waals surface area contributed by atoms with E-state index in [1.165, 1.54) is 61.2 Å². The number of aromatic hydroxyl groups is 1. The van der Waals surface area contributed by atoms with Gasteiger partial charge in [-0.05, 0) is 233 Å². The number of benzene rings is 9. The first-order chi connectivity index (χ1) is 52.3. The van der Waals surface area contributed by atoms with Gasteiger partial charge in [0, 0.05) is 30.8 Å². The average Bonchev–Trinajstić information content (AvgIpc) is 0.756. The average molecular weight is 1520 g/mol. The number of amides is 1. The Morgan fingerprint density at radius 2 is 0.703 bits per heavy atom. The normalized spacial score (nSPS) is 10.6. The largest absolute Gasteiger partial charge is 0.504 e. The SMILES string of the molecule is CC(=O)c1ccc(C(C)C)cc1.CC(C)c1ccc(C(=O)NCCN(C)C)cc1.CC(C)c1ccc(OCCN(C)C)cc1.CC(C)c1ccc(OCN(C)C)cc1.CC(C)c1ccccc1.COc1cc(C(C)C)ccc1C.COc1ccc(C(C)C)cc1O.Cc1ccc(C(C)C)cc1.Cc1cccc(C(C)C)c1. The fourth-order valence-electron chi connectivity index (χ4n) is 10.1. The summed E-state index contributed by atoms with van der Waals surface area (Å²) in [7, 11) is 15.3. The molecule has 0 saturated heterocycles. The number of likely N-dealkylation sites (N-methyl/N-ethyl adjacent to an activating group) is 2. The van der Waals surface area contributed by atoms with Gasteiger partial charge in [-0.2, -0.15) is 0 Å². The minimum Gasteiger partial charge on any atom is -0.504 e. The minimum absolute atomic E-state index is 0.00200. The lowest BCUT2D eigenvalue weighted by Gasteiger charge is -2.12. The lowest BCUT2D eigenvalue weighted by molar-refractivity contribution is 0.0950. The number of carbonyl (C=O) groups is 2. The van der Waals surface area contributed by atoms with Crippen LogP contribution in [-0.4, -0.2) is 121 Å². The summed E-state index contributed by atoms with van der Waals surface area (Å²) in [5, 5.41) is 12.3. The number of aryl methyl sites for hydroxylation is 3. The molecule has 9 rings (SSSR count). The van der Waals surface area contributed by atoms with Crippen LogP contribution in [0.15, 0.2) is 212 Å². The van der Waals surface area contributed by atoms with Gasteiger partial charge in [0.25, 0.3) is 5.91 Å². The summed E-state index contributed by atoms with van der Waals surface area (Å²) in [5.74, 6) is 8.92. The standard InChI is InChI=1S/C14H22N2O.C13H21NO.C12H19NO.C11H16O.C11H14O.C10H14O2.2C10H14.C9H12/c1-11(2)12-5-7-13(8-6-12)14(17)15-9-10-16(3)4;1-11(2)12-5-7-13(8-6-12)15-10-9-14(3)4;1-10(2)11-5-7-12(8-6-11)14-9-13(3)4;1-8(2)10-6-5-9(3)11(7-10)12-4;1-8(2)10-4-6-11(7-5-10)9(3)12;1-7(2)8-4-5-10(12-3)9(11)6-8;1-8(2)10-6-4-9(3)5-7-10;1-8(2)10-6-4-5-9(3)7-10;1-8(2)9-6-4-3-5-7-9/h5-8,11H,9-10H2,1-4H3,(H,15,17);5-8,11H,9-10H2,1-4H3;5-8,10H,9H2,1-4H3;5-8H,1-4H3;4-8H,1-3H3;4-7,11H,1-3H3;2*4-8H,1-3H3;3-8H,1-2H3. The molecule has 11 heteroatoms. The molecular formula is C100H146N4O7. The summed E-state index contributed by atoms with van der Waals surface area (Å²) in [6, 6.07) is 72.0. The molecule has 11 nitrogen and oxygen atoms in total. The van der Waals surface area contributed by atoms with Crippen LogP contribution in [0, 0.1) is 20.8 Å². The Kier molecular flexibility index (Phi) is 49.9. The summed E-state index contributed by atoms with van der Waals surface area (Å²) in [6.45, 7) is 50.9. The number of ether oxygens (including phenoxy) is 4. The van der Waals surface area contributed by atoms with E-state index in [9.17, 15) is 14.7 Å². The summed E-state index contributed by atoms with van der Waals surface area (Å²) >= 11 is 0. The molecule has 2 N–H and O–H groups in total. The molecule has 0 aliphatic heterocycles. The zero-order valence-electron chi connectivity index (χ0n) is 74.2. The highest BCUT2D eigenvalue weighted by Crippen LogP contribution is 2.30. The summed E-state index contributed by atoms with van der Waals surface area (Å²) in [5.41, 5.74) is 17.4. The molecule has 0 spiro atoms. The van der Waals surface area contributed by atoms with E-state index >= 15 is 0 Å². The second-order valence-electron chi connectivity index (χ2n) is 31.8. The highest BCUT2D eigenvalue weighted by Gasteiger charge is 2.10. The van der Waals surface area contributed by atoms with Crippen molar-refractivity contribution in [3.8, 4) is 28.7 Å². The van der Waals surface area contributed by atoms with Gasteiger partial charge in [-0.25, -0.2) is 0 Å². The number of methoxy groups -OCH3 is 2. The Morgan fingerprint density at radius 3 is 1.06 bits per heavy atom. The summed E-state index contributed by atoms with van der Waals surface area (Å²) in [4.78, 5) is 28.9. The van der Waals surface area contributed by atoms with Crippen molar-refractivity contribution in [3.05, 3.63) is 290 Å². The Balaban J connectivity index is 0.000000628. The van der Waals surface area contributed by atoms with Crippen molar-refractivity contribution in [3.63, 3.8) is 0 Å². The number of hydrogen-bond acceptors (Lipinski definition) is 10. The fraction of sp³-hybridized carbons (Fsp3) is 0.440. The second kappa shape index (κ2) is 55.4. The Bertz CT molecular complexity index is 3890. The van der Waals surface area contributed by atoms with Crippen LogP contribution >= 0.6 is 0 Å². The van der Waals surface area contributed by atoms with E-state index in [1.807, 2.05) is 137 Å². The number of phenols is 1. The van der Waals surface area contributed by atoms with E-state index in [0.29, 0.717) is 72.3 Å². The lowest BCUT2D eigenvalue weighted by Crippen LogP contribution is -2.31. The molecule has 0 fully saturated rings. The second-order valence-corrected chi connectivity index (χ2v) is 31.8. The number of nitrogens with one attached hydrogen (secondary N) is 1. The van der Waals surface area contributed by atoms with Crippen molar-refractivity contribution < 1.29 is 33.6 Å². The van der Waals surface area contributed by atoms with Crippen molar-refractivity contribution in [2.75, 3.05) is 89.5 Å². The highest BCUT2D eigenvalue weighted by atomic mass is 16.5. The van der Waals surface area contributed by atoms with Crippen LogP contribution in [-0.2, 0) is 0 Å². The molecular weight excluding hydrogens is 1370 g/mol. The third-order valence-corrected chi connectivity index (χ3v) is 17.9. The molecule has 9 aromatic carbocycles. The first-order valence-electron chi connectivity index (χ1n) is 39.9. The smallest absolute Gasteiger partial charge is 0.251 e. The molecule has 0 saturated carbocycles. The van der Waals surface area contributed by atoms with Gasteiger partial charge >= 0.3 is 0 Å². The third kappa shape index (κ3) is 44.0. The van der Waals surface area contributed by atoms with Crippen LogP contribution in [0.4, 0.5) is 0 Å². The van der Waals surface area contributed by atoms with Gasteiger partial charge < -0.3 is 39.2 Å². The van der Waals surface area contributed by atoms with Crippen LogP contribution in [0.1, 0.15) is 272 Å². The van der Waals surface area contributed by atoms with Gasteiger partial charge in [0.2, 0.25) is 0 Å². The quantitative estimate of drug-likeness (QED) is 0.0474. The number of ketones is 1. The summed E-state index contributed by atoms with van der Waals surface area (Å²) < 4.78 is 21.3. The first kappa shape index (κ1) is 100. The zero-order chi connectivity index (χ0) is 83.9. The van der Waals surface area contributed by atoms with E-state index in [2.05, 4.69) is 271 Å². The van der Waals surface area contributed by atoms with Gasteiger partial charge in [0.05, 0.1) is 14.2 Å². The Morgan fingerprint density at radius 1 is 0.351 bits per heavy atom. The van der Waals surface area contributed by atoms with Crippen LogP contribution in [0.2, 0.25) is 0 Å². The molecule has 0 aliphatic carbocycles. The topological polar surface area (TPSA) is 113 Å². The number of rotatable bonds is 23. The predicted molar refractivity (Wildman–Crippen MR) is 478 cm³/mol. The van der Waals surface area contributed by atoms with Crippen molar-refractivity contribution in [1.29, 1.82) is 0 Å². The maximum Gasteiger partial charge on any atom is 0.251 e. The molecule has 0 radical (unpaired) electrons. The molecule has 0 aromatic heterocycles. The summed E-state index contributed by atoms with van der Waals surface area (Å²) in [6.07, 6.45) is 0. The first-order valence-corrected chi connectivity index (χ1v) is 39.9. The van der Waals surface area contributed by atoms with Crippen LogP contribution in [0.5, 0.6) is 28.7 Å². The Hall–Kier alpha value is -9.00. The van der Waals surface area contributed by atoms with Gasteiger partial charge in [-0.15, -0.1) is 0 Å². The molecule has 0 aliphatic rings. The molecule has 0 atom stereocenters. The highest BCUT2D eigenvalue weighted by molar-refractivity contribution is 5.94. The van der Waals surface area contributed by atoms with E-state index in [0.717, 1.165) is 53.6 Å². The van der Waals surface area contributed by atoms with Crippen molar-refractivity contribution in [2.45, 2.75) is 206 Å². The zero-order valence-corrected chi connectivity index (χ0v) is 74.2. The van der Waals surface area contributed by atoms with Gasteiger partial charge in [0.15, 0.2) is 17.3 Å². The predicted octanol–water partition coefficient (Wildman–Crippen LogP) is 25.3. The molecule has 0 unspecified atom stereocenters. The number of nitrogens with zero attached hydrogens (tertiary/aromatic N) is 3. The van der Waals surface area contributed by atoms with E-state index in [4.69, 9.17) is 18.9 Å². The monoisotopic (exact) mass is 1520 g/mol. The van der Waals surface area contributed by atoms with E-state index in [-0.39, 0.29) is 17.4 Å². The molecule has 0 heterocycles. The number of phenolic OH excluding ortho intramolecular Hbond substituents is 1. The molecule has 608 valence electrons. The van der Waals surface area contributed by atoms with Gasteiger partial charge in [-0.1, -0.05) is 293 Å². The van der Waals surface area contributed by atoms with Crippen LogP contribution in [0.25, 0.3) is 0 Å². The molecule has 0 bridgehead atoms. The van der Waals surface area contributed by atoms with E-state index < -0.39 is 0 Å². The van der Waals surface area contributed by atoms with Crippen molar-refractivity contribution in [1.82, 2.24) is 20.0 Å². The minimum atomic E-state index is 0.00200. The fourth-order valence-corrected chi connectivity index (χ4v) is 10.1. The van der Waals surface area contributed by atoms with Gasteiger partial charge in [0.1, 0.15) is 30.6 Å². The third-order valence-electron chi connectivity index (χ3n) is 17.9. The molecule has 111 heavy (non-hydrogen) atoms. The maximum atomic E-state index is 11.8. The van der Waals surface area contributed by atoms with Crippen LogP contribution in [0.3, 0.4) is 0 Å². The number of Topliss-reactive ketones (excluding diaryl/α,β-unsaturated/α-hetero) is 1.